The summed E-state index contributed by atoms with van der Waals surface area (Å²) in [6.45, 7) is 4.97. The van der Waals surface area contributed by atoms with Crippen LogP contribution in [0.25, 0.3) is 0 Å². The smallest absolute Gasteiger partial charge is 0.352 e. The van der Waals surface area contributed by atoms with Crippen molar-refractivity contribution in [1.82, 2.24) is 29.6 Å². The first-order valence-electron chi connectivity index (χ1n) is 13.8. The molecule has 248 valence electrons. The summed E-state index contributed by atoms with van der Waals surface area (Å²) in [5, 5.41) is 30.6. The molecule has 0 aromatic carbocycles. The normalized spacial score (nSPS) is 18.0. The number of nitrogens with two attached hydrogens (primary N) is 2. The molecule has 2 aliphatic rings. The van der Waals surface area contributed by atoms with Crippen LogP contribution in [0.5, 0.6) is 0 Å². The van der Waals surface area contributed by atoms with Gasteiger partial charge in [0, 0.05) is 29.4 Å². The maximum absolute atomic E-state index is 13.3. The number of carboxylic acid groups (broad SMARTS) is 2. The van der Waals surface area contributed by atoms with Gasteiger partial charge in [-0.1, -0.05) is 12.1 Å². The highest BCUT2D eigenvalue weighted by Gasteiger charge is 2.55. The third-order valence-corrected chi connectivity index (χ3v) is 8.82. The van der Waals surface area contributed by atoms with Crippen LogP contribution < -0.4 is 32.1 Å². The maximum Gasteiger partial charge on any atom is 0.352 e. The lowest BCUT2D eigenvalue weighted by Gasteiger charge is -2.49. The summed E-state index contributed by atoms with van der Waals surface area (Å²) < 4.78 is 7.17. The lowest BCUT2D eigenvalue weighted by atomic mass is 10.0. The number of rotatable bonds is 14. The molecule has 3 amide bonds. The lowest BCUT2D eigenvalue weighted by molar-refractivity contribution is -0.765. The van der Waals surface area contributed by atoms with Gasteiger partial charge in [0.2, 0.25) is 29.2 Å². The molecule has 0 aliphatic carbocycles. The number of nitrogen functional groups attached to an aromatic ring is 2. The minimum Gasteiger partial charge on any atom is -0.478 e. The summed E-state index contributed by atoms with van der Waals surface area (Å²) in [5.41, 5.74) is 10.2. The molecule has 19 nitrogen and oxygen atoms in total. The van der Waals surface area contributed by atoms with Crippen molar-refractivity contribution in [2.75, 3.05) is 35.6 Å². The van der Waals surface area contributed by atoms with Crippen LogP contribution in [0.15, 0.2) is 22.6 Å². The second kappa shape index (κ2) is 13.6. The Morgan fingerprint density at radius 1 is 1.26 bits per heavy atom. The molecule has 2 aliphatic heterocycles. The fraction of sp³-hybridized carbons (Fsp3) is 0.480. The average Bonchev–Trinajstić information content (AvgIpc) is 3.55. The first-order chi connectivity index (χ1) is 21.7. The third kappa shape index (κ3) is 6.98. The van der Waals surface area contributed by atoms with Gasteiger partial charge in [-0.2, -0.15) is 9.36 Å². The Labute approximate surface area is 270 Å². The van der Waals surface area contributed by atoms with Gasteiger partial charge in [-0.15, -0.1) is 21.1 Å². The van der Waals surface area contributed by atoms with Crippen molar-refractivity contribution in [3.63, 3.8) is 0 Å². The Morgan fingerprint density at radius 3 is 2.59 bits per heavy atom. The Hall–Kier alpha value is -4.92. The summed E-state index contributed by atoms with van der Waals surface area (Å²) in [5.74, 6) is -4.27. The number of nitrogens with one attached hydrogen (secondary N) is 3. The molecule has 4 heterocycles. The zero-order chi connectivity index (χ0) is 33.9. The van der Waals surface area contributed by atoms with E-state index in [1.54, 1.807) is 22.6 Å². The molecule has 4 rings (SSSR count). The zero-order valence-electron chi connectivity index (χ0n) is 25.3. The number of carbonyl (C=O) groups is 5. The van der Waals surface area contributed by atoms with E-state index >= 15 is 0 Å². The van der Waals surface area contributed by atoms with Gasteiger partial charge < -0.3 is 42.5 Å². The molecule has 0 spiro atoms. The molecular formula is C25H34N11O8S2+. The first kappa shape index (κ1) is 34.0. The summed E-state index contributed by atoms with van der Waals surface area (Å²) in [4.78, 5) is 72.5. The molecule has 0 unspecified atom stereocenters. The molecule has 9 N–H and O–H groups in total. The topological polar surface area (TPSA) is 273 Å². The van der Waals surface area contributed by atoms with E-state index in [4.69, 9.17) is 16.3 Å². The monoisotopic (exact) mass is 680 g/mol. The van der Waals surface area contributed by atoms with Crippen LogP contribution >= 0.6 is 23.3 Å². The van der Waals surface area contributed by atoms with E-state index in [-0.39, 0.29) is 41.4 Å². The van der Waals surface area contributed by atoms with Crippen LogP contribution in [0.1, 0.15) is 33.0 Å². The average molecular weight is 681 g/mol. The van der Waals surface area contributed by atoms with E-state index in [9.17, 15) is 34.2 Å². The van der Waals surface area contributed by atoms with Crippen molar-refractivity contribution in [2.24, 2.45) is 12.2 Å². The number of hydrogen-bond acceptors (Lipinski definition) is 14. The number of aliphatic carboxylic acids is 2. The van der Waals surface area contributed by atoms with Crippen molar-refractivity contribution in [3.8, 4) is 0 Å². The second-order valence-corrected chi connectivity index (χ2v) is 12.6. The molecule has 0 bridgehead atoms. The number of thioether (sulfide) groups is 1. The predicted octanol–water partition coefficient (Wildman–Crippen LogP) is -1.71. The number of nitrogens with zero attached hydrogens (tertiary/aromatic N) is 6. The quantitative estimate of drug-likeness (QED) is 0.0507. The summed E-state index contributed by atoms with van der Waals surface area (Å²) >= 11 is 2.00. The molecule has 2 aromatic heterocycles. The van der Waals surface area contributed by atoms with E-state index in [0.29, 0.717) is 23.6 Å². The number of oxime groups is 1. The van der Waals surface area contributed by atoms with Gasteiger partial charge in [-0.3, -0.25) is 19.3 Å². The standard InChI is InChI=1S/C25H33N11O8S2/c1-5-6-28-13(37)7-29-12-9-35(34(4)17(12)26)8-11-10-45-21-15(20(39)36(21)16(11)22(40)41)30-19(38)14(18-31-24(27)46-33-18)32-44-25(2,3)23(42)43/h9,15,21,26,29H,5-8,10H2,1-4H3,(H6,27,28,30,31,33,37,38,40,41,42,43)/p+1/b32-14-/t15-,21-/m1/s1. The molecule has 1 fully saturated rings. The Kier molecular flexibility index (Phi) is 10.0. The first-order valence-corrected chi connectivity index (χ1v) is 15.6. The van der Waals surface area contributed by atoms with Gasteiger partial charge in [-0.05, 0) is 20.3 Å². The summed E-state index contributed by atoms with van der Waals surface area (Å²) in [6.07, 6.45) is 2.43. The summed E-state index contributed by atoms with van der Waals surface area (Å²) in [7, 11) is 1.67. The van der Waals surface area contributed by atoms with Crippen molar-refractivity contribution in [2.45, 2.75) is 50.8 Å². The number of fused-ring (bicyclic) bond motifs is 1. The Balaban J connectivity index is 1.51. The maximum atomic E-state index is 13.3. The van der Waals surface area contributed by atoms with Gasteiger partial charge in [0.05, 0.1) is 13.6 Å². The van der Waals surface area contributed by atoms with Crippen molar-refractivity contribution in [3.05, 3.63) is 23.3 Å². The van der Waals surface area contributed by atoms with Crippen molar-refractivity contribution < 1.29 is 43.7 Å². The van der Waals surface area contributed by atoms with Crippen molar-refractivity contribution >= 4 is 75.3 Å². The Bertz CT molecular complexity index is 1630. The van der Waals surface area contributed by atoms with E-state index in [0.717, 1.165) is 22.9 Å². The molecule has 46 heavy (non-hydrogen) atoms. The number of carbonyl (C=O) groups excluding carboxylic acids is 3. The van der Waals surface area contributed by atoms with Gasteiger partial charge in [0.1, 0.15) is 22.8 Å². The van der Waals surface area contributed by atoms with E-state index < -0.39 is 46.5 Å². The minimum atomic E-state index is -1.81. The molecule has 0 radical (unpaired) electrons. The lowest BCUT2D eigenvalue weighted by Crippen LogP contribution is -2.71. The van der Waals surface area contributed by atoms with Crippen LogP contribution in [0.2, 0.25) is 0 Å². The zero-order valence-corrected chi connectivity index (χ0v) is 26.9. The highest BCUT2D eigenvalue weighted by Crippen LogP contribution is 2.40. The SMILES string of the molecule is CCCNC(=O)CNc1c[n+](CC2=C(C(=O)O)N3C(=O)[C@@H](NC(=O)/C(=N\OC(C)(C)C(=O)O)c4nsc(N)n4)[C@H]3SC2)n(C)c1N. The predicted molar refractivity (Wildman–Crippen MR) is 165 cm³/mol. The van der Waals surface area contributed by atoms with Crippen LogP contribution in [0.4, 0.5) is 16.6 Å². The van der Waals surface area contributed by atoms with E-state index in [1.807, 2.05) is 6.92 Å². The van der Waals surface area contributed by atoms with Gasteiger partial charge in [-0.25, -0.2) is 9.59 Å². The molecule has 21 heteroatoms. The second-order valence-electron chi connectivity index (χ2n) is 10.7. The van der Waals surface area contributed by atoms with E-state index in [2.05, 4.69) is 30.5 Å². The van der Waals surface area contributed by atoms with Crippen molar-refractivity contribution in [1.29, 1.82) is 0 Å². The number of amides is 3. The highest BCUT2D eigenvalue weighted by atomic mass is 32.2. The van der Waals surface area contributed by atoms with Gasteiger partial charge in [0.25, 0.3) is 11.8 Å². The molecule has 1 saturated heterocycles. The molecule has 2 atom stereocenters. The highest BCUT2D eigenvalue weighted by molar-refractivity contribution is 8.00. The Morgan fingerprint density at radius 2 is 1.98 bits per heavy atom. The number of carboxylic acids is 2. The summed E-state index contributed by atoms with van der Waals surface area (Å²) in [6, 6.07) is -1.14. The van der Waals surface area contributed by atoms with Crippen LogP contribution in [-0.4, -0.2) is 100 Å². The fourth-order valence-corrected chi connectivity index (χ4v) is 6.10. The number of anilines is 3. The van der Waals surface area contributed by atoms with Crippen LogP contribution in [0.3, 0.4) is 0 Å². The minimum absolute atomic E-state index is 0.00344. The fourth-order valence-electron chi connectivity index (χ4n) is 4.33. The largest absolute Gasteiger partial charge is 0.478 e. The number of aromatic nitrogens is 4. The number of hydrogen-bond donors (Lipinski definition) is 7. The number of β-lactam (4-membered cyclic amide) rings is 1. The van der Waals surface area contributed by atoms with Crippen LogP contribution in [-0.2, 0) is 42.4 Å². The molecular weight excluding hydrogens is 646 g/mol. The van der Waals surface area contributed by atoms with E-state index in [1.165, 1.54) is 25.6 Å². The molecule has 0 saturated carbocycles. The third-order valence-electron chi connectivity index (χ3n) is 6.94. The van der Waals surface area contributed by atoms with Crippen LogP contribution in [0, 0.1) is 0 Å². The molecule has 2 aromatic rings. The van der Waals surface area contributed by atoms with Gasteiger partial charge in [0.15, 0.2) is 17.5 Å². The van der Waals surface area contributed by atoms with Gasteiger partial charge >= 0.3 is 11.9 Å².